The Balaban J connectivity index is 2.35. The van der Waals surface area contributed by atoms with Crippen molar-refractivity contribution in [3.8, 4) is 11.8 Å². The Morgan fingerprint density at radius 2 is 1.79 bits per heavy atom. The largest absolute Gasteiger partial charge is 0.399 e. The fraction of sp³-hybridized carbons (Fsp3) is 0. The number of nitrogens with zero attached hydrogens (tertiary/aromatic N) is 1. The quantitative estimate of drug-likeness (QED) is 0.369. The Bertz CT molecular complexity index is 702. The van der Waals surface area contributed by atoms with E-state index in [1.165, 1.54) is 6.07 Å². The molecular formula is C14H9FN2O2. The molecule has 2 rings (SSSR count). The summed E-state index contributed by atoms with van der Waals surface area (Å²) in [6.07, 6.45) is 0. The fourth-order valence-electron chi connectivity index (χ4n) is 1.49. The summed E-state index contributed by atoms with van der Waals surface area (Å²) in [5.74, 6) is 4.67. The maximum atomic E-state index is 13.1. The third-order valence-corrected chi connectivity index (χ3v) is 2.38. The molecule has 94 valence electrons. The first kappa shape index (κ1) is 12.6. The van der Waals surface area contributed by atoms with E-state index in [0.29, 0.717) is 16.8 Å². The van der Waals surface area contributed by atoms with Gasteiger partial charge in [0.25, 0.3) is 0 Å². The number of nitro groups is 1. The maximum Gasteiger partial charge on any atom is 0.306 e. The Morgan fingerprint density at radius 1 is 1.11 bits per heavy atom. The lowest BCUT2D eigenvalue weighted by Gasteiger charge is -1.95. The van der Waals surface area contributed by atoms with Gasteiger partial charge in [0, 0.05) is 22.9 Å². The van der Waals surface area contributed by atoms with Gasteiger partial charge in [-0.25, -0.2) is 0 Å². The van der Waals surface area contributed by atoms with Crippen LogP contribution in [0.15, 0.2) is 42.5 Å². The first-order chi connectivity index (χ1) is 9.06. The number of rotatable bonds is 1. The molecule has 0 atom stereocenters. The zero-order valence-electron chi connectivity index (χ0n) is 9.76. The summed E-state index contributed by atoms with van der Waals surface area (Å²) in [6.45, 7) is 0. The summed E-state index contributed by atoms with van der Waals surface area (Å²) in [7, 11) is 0. The van der Waals surface area contributed by atoms with Crippen molar-refractivity contribution < 1.29 is 9.31 Å². The van der Waals surface area contributed by atoms with Gasteiger partial charge >= 0.3 is 5.69 Å². The molecule has 4 nitrogen and oxygen atoms in total. The summed E-state index contributed by atoms with van der Waals surface area (Å²) in [6, 6.07) is 10.5. The highest BCUT2D eigenvalue weighted by molar-refractivity contribution is 5.51. The van der Waals surface area contributed by atoms with E-state index in [1.807, 2.05) is 0 Å². The molecule has 2 aromatic rings. The van der Waals surface area contributed by atoms with Crippen LogP contribution in [-0.2, 0) is 0 Å². The van der Waals surface area contributed by atoms with Crippen LogP contribution in [0.4, 0.5) is 15.8 Å². The lowest BCUT2D eigenvalue weighted by atomic mass is 10.1. The molecule has 0 bridgehead atoms. The number of halogens is 1. The molecule has 0 aliphatic heterocycles. The van der Waals surface area contributed by atoms with Crippen molar-refractivity contribution in [2.45, 2.75) is 0 Å². The highest BCUT2D eigenvalue weighted by Gasteiger charge is 2.13. The van der Waals surface area contributed by atoms with Crippen molar-refractivity contribution in [3.63, 3.8) is 0 Å². The van der Waals surface area contributed by atoms with Gasteiger partial charge in [0.2, 0.25) is 5.82 Å². The van der Waals surface area contributed by atoms with Gasteiger partial charge in [-0.1, -0.05) is 17.9 Å². The average molecular weight is 256 g/mol. The summed E-state index contributed by atoms with van der Waals surface area (Å²) < 4.78 is 13.1. The van der Waals surface area contributed by atoms with Crippen LogP contribution < -0.4 is 5.73 Å². The smallest absolute Gasteiger partial charge is 0.306 e. The van der Waals surface area contributed by atoms with E-state index in [9.17, 15) is 14.5 Å². The predicted octanol–water partition coefficient (Wildman–Crippen LogP) is 2.72. The van der Waals surface area contributed by atoms with E-state index in [-0.39, 0.29) is 0 Å². The van der Waals surface area contributed by atoms with E-state index >= 15 is 0 Å². The zero-order chi connectivity index (χ0) is 13.8. The molecule has 0 aliphatic carbocycles. The molecule has 0 saturated heterocycles. The molecule has 19 heavy (non-hydrogen) atoms. The first-order valence-electron chi connectivity index (χ1n) is 5.38. The molecule has 2 aromatic carbocycles. The van der Waals surface area contributed by atoms with Crippen LogP contribution in [0.5, 0.6) is 0 Å². The Labute approximate surface area is 108 Å². The molecule has 5 heteroatoms. The third-order valence-electron chi connectivity index (χ3n) is 2.38. The van der Waals surface area contributed by atoms with Gasteiger partial charge in [-0.2, -0.15) is 4.39 Å². The molecule has 0 fully saturated rings. The van der Waals surface area contributed by atoms with E-state index < -0.39 is 16.4 Å². The van der Waals surface area contributed by atoms with Gasteiger partial charge in [-0.3, -0.25) is 10.1 Å². The van der Waals surface area contributed by atoms with Gasteiger partial charge in [-0.15, -0.1) is 0 Å². The summed E-state index contributed by atoms with van der Waals surface area (Å²) in [5.41, 5.74) is 6.66. The van der Waals surface area contributed by atoms with Crippen LogP contribution in [-0.4, -0.2) is 4.92 Å². The number of anilines is 1. The number of benzene rings is 2. The average Bonchev–Trinajstić information content (AvgIpc) is 2.37. The van der Waals surface area contributed by atoms with Gasteiger partial charge in [0.05, 0.1) is 4.92 Å². The monoisotopic (exact) mass is 256 g/mol. The Hall–Kier alpha value is -2.87. The third kappa shape index (κ3) is 3.07. The van der Waals surface area contributed by atoms with Gasteiger partial charge in [-0.05, 0) is 30.3 Å². The molecule has 2 N–H and O–H groups in total. The van der Waals surface area contributed by atoms with Crippen LogP contribution in [0, 0.1) is 27.8 Å². The molecule has 0 unspecified atom stereocenters. The minimum Gasteiger partial charge on any atom is -0.399 e. The molecular weight excluding hydrogens is 247 g/mol. The van der Waals surface area contributed by atoms with Crippen molar-refractivity contribution in [3.05, 3.63) is 69.5 Å². The highest BCUT2D eigenvalue weighted by Crippen LogP contribution is 2.18. The van der Waals surface area contributed by atoms with E-state index in [4.69, 9.17) is 5.73 Å². The number of nitro benzene ring substituents is 1. The summed E-state index contributed by atoms with van der Waals surface area (Å²) in [5, 5.41) is 10.6. The second kappa shape index (κ2) is 5.19. The Kier molecular flexibility index (Phi) is 3.44. The first-order valence-corrected chi connectivity index (χ1v) is 5.38. The zero-order valence-corrected chi connectivity index (χ0v) is 9.76. The molecule has 0 radical (unpaired) electrons. The second-order valence-electron chi connectivity index (χ2n) is 3.80. The molecule has 0 spiro atoms. The predicted molar refractivity (Wildman–Crippen MR) is 69.9 cm³/mol. The van der Waals surface area contributed by atoms with E-state index in [2.05, 4.69) is 11.8 Å². The molecule has 0 saturated carbocycles. The molecule has 0 aromatic heterocycles. The molecule has 0 amide bonds. The van der Waals surface area contributed by atoms with Crippen LogP contribution in [0.2, 0.25) is 0 Å². The van der Waals surface area contributed by atoms with Crippen molar-refractivity contribution in [1.82, 2.24) is 0 Å². The SMILES string of the molecule is Nc1cccc(C#Cc2ccc(F)c([N+](=O)[O-])c2)c1. The Morgan fingerprint density at radius 3 is 2.42 bits per heavy atom. The number of hydrogen-bond donors (Lipinski definition) is 1. The number of nitrogens with two attached hydrogens (primary N) is 1. The van der Waals surface area contributed by atoms with Crippen LogP contribution in [0.3, 0.4) is 0 Å². The summed E-state index contributed by atoms with van der Waals surface area (Å²) in [4.78, 5) is 9.82. The van der Waals surface area contributed by atoms with Crippen molar-refractivity contribution in [2.75, 3.05) is 5.73 Å². The van der Waals surface area contributed by atoms with Crippen molar-refractivity contribution in [1.29, 1.82) is 0 Å². The van der Waals surface area contributed by atoms with Crippen LogP contribution in [0.1, 0.15) is 11.1 Å². The number of hydrogen-bond acceptors (Lipinski definition) is 3. The minimum atomic E-state index is -0.875. The van der Waals surface area contributed by atoms with Crippen LogP contribution >= 0.6 is 0 Å². The van der Waals surface area contributed by atoms with Crippen molar-refractivity contribution >= 4 is 11.4 Å². The maximum absolute atomic E-state index is 13.1. The number of nitrogen functional groups attached to an aromatic ring is 1. The molecule has 0 aliphatic rings. The molecule has 0 heterocycles. The lowest BCUT2D eigenvalue weighted by Crippen LogP contribution is -1.92. The second-order valence-corrected chi connectivity index (χ2v) is 3.80. The standard InChI is InChI=1S/C14H9FN2O2/c15-13-7-6-11(9-14(13)17(18)19)5-4-10-2-1-3-12(16)8-10/h1-3,6-9H,16H2. The lowest BCUT2D eigenvalue weighted by molar-refractivity contribution is -0.387. The minimum absolute atomic E-state index is 0.371. The normalized spacial score (nSPS) is 9.53. The van der Waals surface area contributed by atoms with Gasteiger partial charge < -0.3 is 5.73 Å². The van der Waals surface area contributed by atoms with Crippen molar-refractivity contribution in [2.24, 2.45) is 0 Å². The van der Waals surface area contributed by atoms with Crippen LogP contribution in [0.25, 0.3) is 0 Å². The van der Waals surface area contributed by atoms with E-state index in [1.54, 1.807) is 24.3 Å². The van der Waals surface area contributed by atoms with E-state index in [0.717, 1.165) is 12.1 Å². The van der Waals surface area contributed by atoms with Gasteiger partial charge in [0.15, 0.2) is 0 Å². The fourth-order valence-corrected chi connectivity index (χ4v) is 1.49. The van der Waals surface area contributed by atoms with Gasteiger partial charge in [0.1, 0.15) is 0 Å². The topological polar surface area (TPSA) is 69.2 Å². The summed E-state index contributed by atoms with van der Waals surface area (Å²) >= 11 is 0. The highest BCUT2D eigenvalue weighted by atomic mass is 19.1.